The minimum absolute atomic E-state index is 0.000492. The smallest absolute Gasteiger partial charge is 0.374 e. The summed E-state index contributed by atoms with van der Waals surface area (Å²) in [6.45, 7) is 4.16. The van der Waals surface area contributed by atoms with Gasteiger partial charge in [0.25, 0.3) is 5.56 Å². The minimum Gasteiger partial charge on any atom is -0.374 e. The number of hydrogen-bond donors (Lipinski definition) is 1. The van der Waals surface area contributed by atoms with E-state index in [0.717, 1.165) is 23.3 Å². The molecule has 192 valence electrons. The summed E-state index contributed by atoms with van der Waals surface area (Å²) in [7, 11) is 0. The number of halogens is 3. The Hall–Kier alpha value is -3.54. The number of amides is 1. The number of carbonyl (C=O) groups excluding carboxylic acids is 1. The Labute approximate surface area is 205 Å². The number of rotatable bonds is 8. The number of ether oxygens (including phenoxy) is 1. The van der Waals surface area contributed by atoms with E-state index in [2.05, 4.69) is 20.2 Å². The van der Waals surface area contributed by atoms with Crippen molar-refractivity contribution in [2.24, 2.45) is 0 Å². The molecule has 0 bridgehead atoms. The van der Waals surface area contributed by atoms with Crippen molar-refractivity contribution in [2.45, 2.75) is 38.5 Å². The summed E-state index contributed by atoms with van der Waals surface area (Å²) in [6, 6.07) is 5.48. The topological polar surface area (TPSA) is 104 Å². The van der Waals surface area contributed by atoms with E-state index in [1.54, 1.807) is 22.1 Å². The molecular formula is C24H27F3N6O3. The van der Waals surface area contributed by atoms with Gasteiger partial charge in [0, 0.05) is 57.0 Å². The van der Waals surface area contributed by atoms with Gasteiger partial charge in [-0.25, -0.2) is 15.1 Å². The molecule has 0 saturated carbocycles. The van der Waals surface area contributed by atoms with Crippen LogP contribution in [-0.2, 0) is 15.7 Å². The fraction of sp³-hybridized carbons (Fsp3) is 0.458. The molecule has 3 aromatic rings. The molecule has 1 aromatic carbocycles. The van der Waals surface area contributed by atoms with Crippen LogP contribution in [0.15, 0.2) is 41.6 Å². The number of carbonyl (C=O) groups is 1. The fourth-order valence-corrected chi connectivity index (χ4v) is 4.24. The third-order valence-electron chi connectivity index (χ3n) is 6.20. The van der Waals surface area contributed by atoms with E-state index in [1.807, 2.05) is 19.1 Å². The lowest BCUT2D eigenvalue weighted by atomic mass is 10.0. The lowest BCUT2D eigenvalue weighted by molar-refractivity contribution is -0.138. The average molecular weight is 505 g/mol. The van der Waals surface area contributed by atoms with Crippen molar-refractivity contribution in [1.29, 1.82) is 0 Å². The van der Waals surface area contributed by atoms with Crippen molar-refractivity contribution >= 4 is 22.6 Å². The summed E-state index contributed by atoms with van der Waals surface area (Å²) in [6.07, 6.45) is 0.0396. The van der Waals surface area contributed by atoms with Crippen LogP contribution < -0.4 is 10.5 Å². The molecule has 1 unspecified atom stereocenters. The van der Waals surface area contributed by atoms with Gasteiger partial charge in [0.1, 0.15) is 0 Å². The highest BCUT2D eigenvalue weighted by atomic mass is 19.4. The Balaban J connectivity index is 1.24. The van der Waals surface area contributed by atoms with Crippen molar-refractivity contribution < 1.29 is 22.7 Å². The molecule has 0 radical (unpaired) electrons. The second kappa shape index (κ2) is 11.0. The van der Waals surface area contributed by atoms with Gasteiger partial charge in [-0.15, -0.1) is 0 Å². The quantitative estimate of drug-likeness (QED) is 0.469. The van der Waals surface area contributed by atoms with Gasteiger partial charge in [0.2, 0.25) is 11.9 Å². The Kier molecular flexibility index (Phi) is 7.82. The SMILES string of the molecule is CCC(OCCCC(=O)N1CCN(c2ncc(C(F)(F)F)cn2)CC1)c1cccc2c(=O)[nH]ncc12. The van der Waals surface area contributed by atoms with E-state index >= 15 is 0 Å². The van der Waals surface area contributed by atoms with Gasteiger partial charge in [0.15, 0.2) is 0 Å². The number of piperazine rings is 1. The van der Waals surface area contributed by atoms with E-state index in [9.17, 15) is 22.8 Å². The lowest BCUT2D eigenvalue weighted by Crippen LogP contribution is -2.49. The number of aromatic nitrogens is 4. The molecule has 0 aliphatic carbocycles. The van der Waals surface area contributed by atoms with Crippen LogP contribution in [0.2, 0.25) is 0 Å². The van der Waals surface area contributed by atoms with Crippen molar-refractivity contribution in [3.8, 4) is 0 Å². The second-order valence-corrected chi connectivity index (χ2v) is 8.52. The van der Waals surface area contributed by atoms with Crippen molar-refractivity contribution in [2.75, 3.05) is 37.7 Å². The van der Waals surface area contributed by atoms with E-state index in [1.165, 1.54) is 0 Å². The van der Waals surface area contributed by atoms with Crippen molar-refractivity contribution in [1.82, 2.24) is 25.1 Å². The summed E-state index contributed by atoms with van der Waals surface area (Å²) in [4.78, 5) is 35.8. The zero-order valence-corrected chi connectivity index (χ0v) is 19.8. The number of nitrogens with one attached hydrogen (secondary N) is 1. The van der Waals surface area contributed by atoms with Crippen molar-refractivity contribution in [3.05, 3.63) is 58.3 Å². The van der Waals surface area contributed by atoms with Gasteiger partial charge in [0.05, 0.1) is 23.3 Å². The molecular weight excluding hydrogens is 477 g/mol. The van der Waals surface area contributed by atoms with Crippen LogP contribution in [0.25, 0.3) is 10.8 Å². The maximum absolute atomic E-state index is 12.7. The molecule has 1 saturated heterocycles. The largest absolute Gasteiger partial charge is 0.419 e. The first-order valence-corrected chi connectivity index (χ1v) is 11.8. The van der Waals surface area contributed by atoms with Gasteiger partial charge in [-0.3, -0.25) is 9.59 Å². The second-order valence-electron chi connectivity index (χ2n) is 8.52. The maximum atomic E-state index is 12.7. The first kappa shape index (κ1) is 25.5. The van der Waals surface area contributed by atoms with Crippen LogP contribution in [0.5, 0.6) is 0 Å². The Morgan fingerprint density at radius 3 is 2.50 bits per heavy atom. The number of fused-ring (bicyclic) bond motifs is 1. The van der Waals surface area contributed by atoms with Crippen LogP contribution in [0.1, 0.15) is 43.4 Å². The Bertz CT molecular complexity index is 1240. The Morgan fingerprint density at radius 2 is 1.83 bits per heavy atom. The first-order valence-electron chi connectivity index (χ1n) is 11.8. The molecule has 12 heteroatoms. The summed E-state index contributed by atoms with van der Waals surface area (Å²) in [5.74, 6) is 0.222. The summed E-state index contributed by atoms with van der Waals surface area (Å²) in [5, 5.41) is 7.64. The number of nitrogens with zero attached hydrogens (tertiary/aromatic N) is 5. The molecule has 1 fully saturated rings. The van der Waals surface area contributed by atoms with Crippen molar-refractivity contribution in [3.63, 3.8) is 0 Å². The van der Waals surface area contributed by atoms with Crippen LogP contribution >= 0.6 is 0 Å². The van der Waals surface area contributed by atoms with E-state index < -0.39 is 11.7 Å². The number of alkyl halides is 3. The predicted octanol–water partition coefficient (Wildman–Crippen LogP) is 3.33. The number of aromatic amines is 1. The summed E-state index contributed by atoms with van der Waals surface area (Å²) >= 11 is 0. The molecule has 9 nitrogen and oxygen atoms in total. The zero-order chi connectivity index (χ0) is 25.7. The van der Waals surface area contributed by atoms with E-state index in [0.29, 0.717) is 57.4 Å². The minimum atomic E-state index is -4.48. The summed E-state index contributed by atoms with van der Waals surface area (Å²) < 4.78 is 44.1. The maximum Gasteiger partial charge on any atom is 0.419 e. The lowest BCUT2D eigenvalue weighted by Gasteiger charge is -2.34. The normalized spacial score (nSPS) is 15.3. The molecule has 1 N–H and O–H groups in total. The van der Waals surface area contributed by atoms with Gasteiger partial charge in [-0.1, -0.05) is 19.1 Å². The third-order valence-corrected chi connectivity index (χ3v) is 6.20. The number of anilines is 1. The first-order chi connectivity index (χ1) is 17.3. The highest BCUT2D eigenvalue weighted by Gasteiger charge is 2.32. The molecule has 2 aromatic heterocycles. The predicted molar refractivity (Wildman–Crippen MR) is 126 cm³/mol. The number of H-pyrrole nitrogens is 1. The zero-order valence-electron chi connectivity index (χ0n) is 19.8. The molecule has 4 rings (SSSR count). The highest BCUT2D eigenvalue weighted by Crippen LogP contribution is 2.29. The van der Waals surface area contributed by atoms with Gasteiger partial charge >= 0.3 is 6.18 Å². The molecule has 1 atom stereocenters. The standard InChI is InChI=1S/C24H27F3N6O3/c1-2-20(17-5-3-6-18-19(17)15-30-31-22(18)35)36-12-4-7-21(34)32-8-10-33(11-9-32)23-28-13-16(14-29-23)24(25,26)27/h3,5-6,13-15,20H,2,4,7-12H2,1H3,(H,31,35). The fourth-order valence-electron chi connectivity index (χ4n) is 4.24. The van der Waals surface area contributed by atoms with Crippen LogP contribution in [0, 0.1) is 0 Å². The molecule has 1 amide bonds. The highest BCUT2D eigenvalue weighted by molar-refractivity contribution is 5.84. The van der Waals surface area contributed by atoms with Crippen LogP contribution in [-0.4, -0.2) is 63.8 Å². The van der Waals surface area contributed by atoms with Gasteiger partial charge in [-0.2, -0.15) is 18.3 Å². The van der Waals surface area contributed by atoms with E-state index in [4.69, 9.17) is 4.74 Å². The number of hydrogen-bond acceptors (Lipinski definition) is 7. The monoisotopic (exact) mass is 504 g/mol. The van der Waals surface area contributed by atoms with E-state index in [-0.39, 0.29) is 23.5 Å². The molecule has 1 aliphatic rings. The Morgan fingerprint density at radius 1 is 1.11 bits per heavy atom. The molecule has 1 aliphatic heterocycles. The summed E-state index contributed by atoms with van der Waals surface area (Å²) in [5.41, 5.74) is -0.250. The average Bonchev–Trinajstić information content (AvgIpc) is 2.88. The molecule has 0 spiro atoms. The van der Waals surface area contributed by atoms with Gasteiger partial charge in [-0.05, 0) is 24.5 Å². The number of benzene rings is 1. The van der Waals surface area contributed by atoms with Gasteiger partial charge < -0.3 is 14.5 Å². The van der Waals surface area contributed by atoms with Crippen LogP contribution in [0.3, 0.4) is 0 Å². The molecule has 3 heterocycles. The third kappa shape index (κ3) is 5.81. The van der Waals surface area contributed by atoms with Crippen LogP contribution in [0.4, 0.5) is 19.1 Å². The molecule has 36 heavy (non-hydrogen) atoms.